The zero-order valence-corrected chi connectivity index (χ0v) is 13.3. The summed E-state index contributed by atoms with van der Waals surface area (Å²) >= 11 is 0. The summed E-state index contributed by atoms with van der Waals surface area (Å²) in [5.41, 5.74) is 1.66. The van der Waals surface area contributed by atoms with Crippen LogP contribution < -0.4 is 14.8 Å². The molecular formula is C18H27NO2. The molecular weight excluding hydrogens is 262 g/mol. The second-order valence-corrected chi connectivity index (χ2v) is 7.15. The third-order valence-corrected chi connectivity index (χ3v) is 4.69. The minimum atomic E-state index is 0.501. The maximum atomic E-state index is 5.77. The highest BCUT2D eigenvalue weighted by atomic mass is 16.5. The highest BCUT2D eigenvalue weighted by Crippen LogP contribution is 2.36. The third kappa shape index (κ3) is 3.84. The summed E-state index contributed by atoms with van der Waals surface area (Å²) in [6.45, 7) is 6.28. The van der Waals surface area contributed by atoms with E-state index in [-0.39, 0.29) is 0 Å². The molecule has 1 fully saturated rings. The Labute approximate surface area is 128 Å². The van der Waals surface area contributed by atoms with E-state index < -0.39 is 0 Å². The SMILES string of the molecule is CC1(C)CCCC(Nc2ccc3c(c2)OCCCO3)CC1. The number of hydrogen-bond donors (Lipinski definition) is 1. The fraction of sp³-hybridized carbons (Fsp3) is 0.667. The van der Waals surface area contributed by atoms with Crippen LogP contribution in [0.25, 0.3) is 0 Å². The van der Waals surface area contributed by atoms with Gasteiger partial charge in [0.1, 0.15) is 0 Å². The molecule has 0 radical (unpaired) electrons. The van der Waals surface area contributed by atoms with E-state index in [2.05, 4.69) is 31.3 Å². The minimum Gasteiger partial charge on any atom is -0.490 e. The largest absolute Gasteiger partial charge is 0.490 e. The van der Waals surface area contributed by atoms with E-state index in [1.54, 1.807) is 0 Å². The fourth-order valence-electron chi connectivity index (χ4n) is 3.29. The standard InChI is InChI=1S/C18H27NO2/c1-18(2)9-3-5-14(8-10-18)19-15-6-7-16-17(13-15)21-12-4-11-20-16/h6-7,13-14,19H,3-5,8-12H2,1-2H3. The van der Waals surface area contributed by atoms with E-state index in [1.807, 2.05) is 6.07 Å². The highest BCUT2D eigenvalue weighted by molar-refractivity contribution is 5.55. The maximum Gasteiger partial charge on any atom is 0.163 e. The Balaban J connectivity index is 1.66. The lowest BCUT2D eigenvalue weighted by atomic mass is 9.85. The summed E-state index contributed by atoms with van der Waals surface area (Å²) in [5.74, 6) is 1.76. The Morgan fingerprint density at radius 1 is 1.00 bits per heavy atom. The summed E-state index contributed by atoms with van der Waals surface area (Å²) in [6.07, 6.45) is 7.42. The molecule has 1 aromatic carbocycles. The van der Waals surface area contributed by atoms with Crippen molar-refractivity contribution in [2.45, 2.75) is 58.4 Å². The first-order valence-electron chi connectivity index (χ1n) is 8.29. The summed E-state index contributed by atoms with van der Waals surface area (Å²) in [5, 5.41) is 3.69. The first kappa shape index (κ1) is 14.6. The molecule has 21 heavy (non-hydrogen) atoms. The van der Waals surface area contributed by atoms with Crippen LogP contribution in [-0.2, 0) is 0 Å². The van der Waals surface area contributed by atoms with Crippen molar-refractivity contribution in [3.05, 3.63) is 18.2 Å². The van der Waals surface area contributed by atoms with Crippen LogP contribution in [0.15, 0.2) is 18.2 Å². The van der Waals surface area contributed by atoms with Crippen LogP contribution in [-0.4, -0.2) is 19.3 Å². The molecule has 1 saturated carbocycles. The lowest BCUT2D eigenvalue weighted by molar-refractivity contribution is 0.297. The Kier molecular flexibility index (Phi) is 4.27. The van der Waals surface area contributed by atoms with Gasteiger partial charge in [-0.05, 0) is 43.2 Å². The van der Waals surface area contributed by atoms with Gasteiger partial charge in [-0.1, -0.05) is 20.3 Å². The molecule has 1 N–H and O–H groups in total. The van der Waals surface area contributed by atoms with Crippen molar-refractivity contribution in [2.75, 3.05) is 18.5 Å². The molecule has 3 rings (SSSR count). The van der Waals surface area contributed by atoms with Crippen LogP contribution in [0.3, 0.4) is 0 Å². The van der Waals surface area contributed by atoms with Crippen molar-refractivity contribution in [1.29, 1.82) is 0 Å². The molecule has 1 unspecified atom stereocenters. The lowest BCUT2D eigenvalue weighted by Crippen LogP contribution is -2.19. The number of benzene rings is 1. The average Bonchev–Trinajstić information content (AvgIpc) is 2.77. The molecule has 1 aliphatic carbocycles. The molecule has 0 spiro atoms. The van der Waals surface area contributed by atoms with Crippen molar-refractivity contribution < 1.29 is 9.47 Å². The van der Waals surface area contributed by atoms with Gasteiger partial charge >= 0.3 is 0 Å². The van der Waals surface area contributed by atoms with E-state index in [0.29, 0.717) is 11.5 Å². The van der Waals surface area contributed by atoms with Crippen LogP contribution in [0.5, 0.6) is 11.5 Å². The van der Waals surface area contributed by atoms with Gasteiger partial charge in [-0.25, -0.2) is 0 Å². The molecule has 0 aromatic heterocycles. The Morgan fingerprint density at radius 3 is 2.67 bits per heavy atom. The normalized spacial score (nSPS) is 24.8. The first-order chi connectivity index (χ1) is 10.1. The topological polar surface area (TPSA) is 30.5 Å². The Hall–Kier alpha value is -1.38. The van der Waals surface area contributed by atoms with Crippen molar-refractivity contribution in [3.63, 3.8) is 0 Å². The van der Waals surface area contributed by atoms with Gasteiger partial charge in [0, 0.05) is 24.2 Å². The molecule has 1 aliphatic heterocycles. The zero-order valence-electron chi connectivity index (χ0n) is 13.3. The van der Waals surface area contributed by atoms with E-state index in [9.17, 15) is 0 Å². The summed E-state index contributed by atoms with van der Waals surface area (Å²) in [7, 11) is 0. The number of rotatable bonds is 2. The quantitative estimate of drug-likeness (QED) is 0.806. The lowest BCUT2D eigenvalue weighted by Gasteiger charge is -2.22. The molecule has 0 saturated heterocycles. The van der Waals surface area contributed by atoms with Crippen molar-refractivity contribution in [2.24, 2.45) is 5.41 Å². The molecule has 116 valence electrons. The number of fused-ring (bicyclic) bond motifs is 1. The molecule has 3 nitrogen and oxygen atoms in total. The van der Waals surface area contributed by atoms with Crippen LogP contribution in [0.4, 0.5) is 5.69 Å². The monoisotopic (exact) mass is 289 g/mol. The van der Waals surface area contributed by atoms with Gasteiger partial charge in [-0.2, -0.15) is 0 Å². The van der Waals surface area contributed by atoms with Crippen molar-refractivity contribution >= 4 is 5.69 Å². The molecule has 1 heterocycles. The molecule has 0 amide bonds. The fourth-order valence-corrected chi connectivity index (χ4v) is 3.29. The zero-order chi connectivity index (χ0) is 14.7. The van der Waals surface area contributed by atoms with Gasteiger partial charge in [0.2, 0.25) is 0 Å². The Morgan fingerprint density at radius 2 is 1.81 bits per heavy atom. The van der Waals surface area contributed by atoms with Crippen LogP contribution in [0.1, 0.15) is 52.4 Å². The smallest absolute Gasteiger partial charge is 0.163 e. The van der Waals surface area contributed by atoms with Gasteiger partial charge in [0.05, 0.1) is 13.2 Å². The summed E-state index contributed by atoms with van der Waals surface area (Å²) in [4.78, 5) is 0. The van der Waals surface area contributed by atoms with E-state index >= 15 is 0 Å². The van der Waals surface area contributed by atoms with Gasteiger partial charge < -0.3 is 14.8 Å². The highest BCUT2D eigenvalue weighted by Gasteiger charge is 2.24. The Bertz CT molecular complexity index is 484. The first-order valence-corrected chi connectivity index (χ1v) is 8.29. The van der Waals surface area contributed by atoms with Gasteiger partial charge in [0.25, 0.3) is 0 Å². The third-order valence-electron chi connectivity index (χ3n) is 4.69. The second kappa shape index (κ2) is 6.17. The van der Waals surface area contributed by atoms with Crippen molar-refractivity contribution in [1.82, 2.24) is 0 Å². The van der Waals surface area contributed by atoms with E-state index in [4.69, 9.17) is 9.47 Å². The molecule has 1 aromatic rings. The number of hydrogen-bond acceptors (Lipinski definition) is 3. The van der Waals surface area contributed by atoms with Gasteiger partial charge in [-0.3, -0.25) is 0 Å². The van der Waals surface area contributed by atoms with Gasteiger partial charge in [0.15, 0.2) is 11.5 Å². The summed E-state index contributed by atoms with van der Waals surface area (Å²) < 4.78 is 11.5. The van der Waals surface area contributed by atoms with Crippen LogP contribution >= 0.6 is 0 Å². The van der Waals surface area contributed by atoms with Crippen molar-refractivity contribution in [3.8, 4) is 11.5 Å². The predicted octanol–water partition coefficient (Wildman–Crippen LogP) is 4.62. The van der Waals surface area contributed by atoms with Gasteiger partial charge in [-0.15, -0.1) is 0 Å². The van der Waals surface area contributed by atoms with E-state index in [0.717, 1.165) is 36.8 Å². The predicted molar refractivity (Wildman–Crippen MR) is 86.3 cm³/mol. The summed E-state index contributed by atoms with van der Waals surface area (Å²) in [6, 6.07) is 6.82. The van der Waals surface area contributed by atoms with Crippen LogP contribution in [0, 0.1) is 5.41 Å². The maximum absolute atomic E-state index is 5.77. The molecule has 2 aliphatic rings. The molecule has 1 atom stereocenters. The number of anilines is 1. The number of nitrogens with one attached hydrogen (secondary N) is 1. The average molecular weight is 289 g/mol. The number of ether oxygens (including phenoxy) is 2. The molecule has 3 heteroatoms. The minimum absolute atomic E-state index is 0.501. The van der Waals surface area contributed by atoms with Crippen LogP contribution in [0.2, 0.25) is 0 Å². The second-order valence-electron chi connectivity index (χ2n) is 7.15. The molecule has 0 bridgehead atoms. The van der Waals surface area contributed by atoms with E-state index in [1.165, 1.54) is 32.1 Å².